The third-order valence-corrected chi connectivity index (χ3v) is 2.93. The molecule has 7 nitrogen and oxygen atoms in total. The highest BCUT2D eigenvalue weighted by atomic mass is 16.4. The molecule has 0 aromatic heterocycles. The van der Waals surface area contributed by atoms with E-state index in [0.717, 1.165) is 12.8 Å². The summed E-state index contributed by atoms with van der Waals surface area (Å²) in [5.74, 6) is -1.79. The number of nitrogens with one attached hydrogen (secondary N) is 2. The zero-order valence-corrected chi connectivity index (χ0v) is 11.3. The molecule has 1 saturated carbocycles. The molecule has 1 atom stereocenters. The van der Waals surface area contributed by atoms with E-state index in [9.17, 15) is 14.4 Å². The first-order valence-electron chi connectivity index (χ1n) is 6.49. The maximum Gasteiger partial charge on any atom is 0.317 e. The van der Waals surface area contributed by atoms with Gasteiger partial charge in [-0.05, 0) is 19.8 Å². The molecule has 3 N–H and O–H groups in total. The molecule has 0 aromatic rings. The van der Waals surface area contributed by atoms with Gasteiger partial charge in [-0.2, -0.15) is 0 Å². The number of nitrogens with zero attached hydrogens (tertiary/aromatic N) is 1. The van der Waals surface area contributed by atoms with Crippen LogP contribution in [0.3, 0.4) is 0 Å². The Morgan fingerprint density at radius 3 is 2.47 bits per heavy atom. The van der Waals surface area contributed by atoms with Gasteiger partial charge in [-0.25, -0.2) is 4.79 Å². The van der Waals surface area contributed by atoms with Crippen LogP contribution in [-0.2, 0) is 9.59 Å². The lowest BCUT2D eigenvalue weighted by Crippen LogP contribution is -2.46. The topological polar surface area (TPSA) is 98.7 Å². The standard InChI is InChI=1S/C12H21N3O4/c1-3-15(7-8(2)11(17)18)12(19)13-6-10(16)14-9-4-5-9/h8-9H,3-7H2,1-2H3,(H,13,19)(H,14,16)(H,17,18). The maximum absolute atomic E-state index is 11.8. The SMILES string of the molecule is CCN(CC(C)C(=O)O)C(=O)NCC(=O)NC1CC1. The van der Waals surface area contributed by atoms with Gasteiger partial charge in [0.05, 0.1) is 12.5 Å². The number of carboxylic acid groups (broad SMARTS) is 1. The van der Waals surface area contributed by atoms with Crippen molar-refractivity contribution in [1.82, 2.24) is 15.5 Å². The number of rotatable bonds is 7. The summed E-state index contributed by atoms with van der Waals surface area (Å²) in [6.07, 6.45) is 1.99. The Kier molecular flexibility index (Phi) is 5.59. The minimum atomic E-state index is -0.947. The van der Waals surface area contributed by atoms with Crippen LogP contribution in [0.1, 0.15) is 26.7 Å². The first-order valence-corrected chi connectivity index (χ1v) is 6.49. The molecule has 0 heterocycles. The maximum atomic E-state index is 11.8. The minimum Gasteiger partial charge on any atom is -0.481 e. The molecular weight excluding hydrogens is 250 g/mol. The number of urea groups is 1. The van der Waals surface area contributed by atoms with Crippen LogP contribution in [-0.4, -0.2) is 53.6 Å². The van der Waals surface area contributed by atoms with Crippen LogP contribution in [0.2, 0.25) is 0 Å². The molecule has 7 heteroatoms. The molecule has 0 radical (unpaired) electrons. The van der Waals surface area contributed by atoms with Gasteiger partial charge in [0.2, 0.25) is 5.91 Å². The second-order valence-corrected chi connectivity index (χ2v) is 4.78. The van der Waals surface area contributed by atoms with Crippen LogP contribution in [0.25, 0.3) is 0 Å². The number of carbonyl (C=O) groups excluding carboxylic acids is 2. The van der Waals surface area contributed by atoms with E-state index in [4.69, 9.17) is 5.11 Å². The number of hydrogen-bond acceptors (Lipinski definition) is 3. The first-order chi connectivity index (χ1) is 8.93. The second kappa shape index (κ2) is 6.96. The van der Waals surface area contributed by atoms with Gasteiger partial charge in [-0.3, -0.25) is 9.59 Å². The molecule has 1 aliphatic carbocycles. The molecule has 0 aromatic carbocycles. The van der Waals surface area contributed by atoms with Crippen molar-refractivity contribution >= 4 is 17.9 Å². The summed E-state index contributed by atoms with van der Waals surface area (Å²) in [5, 5.41) is 14.1. The lowest BCUT2D eigenvalue weighted by Gasteiger charge is -2.23. The van der Waals surface area contributed by atoms with E-state index in [1.54, 1.807) is 6.92 Å². The summed E-state index contributed by atoms with van der Waals surface area (Å²) in [6, 6.07) is -0.153. The summed E-state index contributed by atoms with van der Waals surface area (Å²) in [5.41, 5.74) is 0. The highest BCUT2D eigenvalue weighted by Crippen LogP contribution is 2.18. The van der Waals surface area contributed by atoms with Gasteiger partial charge in [0, 0.05) is 19.1 Å². The van der Waals surface area contributed by atoms with Gasteiger partial charge >= 0.3 is 12.0 Å². The second-order valence-electron chi connectivity index (χ2n) is 4.78. The van der Waals surface area contributed by atoms with Gasteiger partial charge in [-0.1, -0.05) is 6.92 Å². The van der Waals surface area contributed by atoms with E-state index in [2.05, 4.69) is 10.6 Å². The van der Waals surface area contributed by atoms with Gasteiger partial charge in [0.1, 0.15) is 0 Å². The smallest absolute Gasteiger partial charge is 0.317 e. The molecule has 1 fully saturated rings. The molecule has 0 aliphatic heterocycles. The van der Waals surface area contributed by atoms with Gasteiger partial charge in [0.25, 0.3) is 0 Å². The largest absolute Gasteiger partial charge is 0.481 e. The number of carbonyl (C=O) groups is 3. The van der Waals surface area contributed by atoms with Gasteiger partial charge in [-0.15, -0.1) is 0 Å². The molecule has 1 unspecified atom stereocenters. The minimum absolute atomic E-state index is 0.0761. The fourth-order valence-corrected chi connectivity index (χ4v) is 1.54. The molecule has 0 spiro atoms. The van der Waals surface area contributed by atoms with Crippen molar-refractivity contribution in [3.8, 4) is 0 Å². The fraction of sp³-hybridized carbons (Fsp3) is 0.750. The Hall–Kier alpha value is -1.79. The van der Waals surface area contributed by atoms with Crippen molar-refractivity contribution in [1.29, 1.82) is 0 Å². The van der Waals surface area contributed by atoms with Crippen LogP contribution < -0.4 is 10.6 Å². The van der Waals surface area contributed by atoms with Crippen LogP contribution in [0, 0.1) is 5.92 Å². The molecule has 1 aliphatic rings. The van der Waals surface area contributed by atoms with Crippen LogP contribution >= 0.6 is 0 Å². The molecule has 0 bridgehead atoms. The van der Waals surface area contributed by atoms with Crippen LogP contribution in [0.5, 0.6) is 0 Å². The predicted octanol–water partition coefficient (Wildman–Crippen LogP) is 0.0172. The van der Waals surface area contributed by atoms with E-state index in [1.807, 2.05) is 0 Å². The van der Waals surface area contributed by atoms with E-state index < -0.39 is 17.9 Å². The summed E-state index contributed by atoms with van der Waals surface area (Å²) in [6.45, 7) is 3.75. The molecule has 19 heavy (non-hydrogen) atoms. The average molecular weight is 271 g/mol. The zero-order valence-electron chi connectivity index (χ0n) is 11.3. The average Bonchev–Trinajstić information content (AvgIpc) is 3.16. The molecule has 108 valence electrons. The van der Waals surface area contributed by atoms with E-state index in [-0.39, 0.29) is 25.0 Å². The summed E-state index contributed by atoms with van der Waals surface area (Å²) in [4.78, 5) is 35.3. The van der Waals surface area contributed by atoms with Gasteiger partial charge < -0.3 is 20.6 Å². The third-order valence-electron chi connectivity index (χ3n) is 2.93. The lowest BCUT2D eigenvalue weighted by molar-refractivity contribution is -0.141. The van der Waals surface area contributed by atoms with E-state index in [1.165, 1.54) is 11.8 Å². The number of amides is 3. The fourth-order valence-electron chi connectivity index (χ4n) is 1.54. The highest BCUT2D eigenvalue weighted by Gasteiger charge is 2.24. The Labute approximate surface area is 112 Å². The quantitative estimate of drug-likeness (QED) is 0.607. The lowest BCUT2D eigenvalue weighted by atomic mass is 10.2. The number of aliphatic carboxylic acids is 1. The van der Waals surface area contributed by atoms with Crippen LogP contribution in [0.15, 0.2) is 0 Å². The van der Waals surface area contributed by atoms with Crippen molar-refractivity contribution < 1.29 is 19.5 Å². The summed E-state index contributed by atoms with van der Waals surface area (Å²) >= 11 is 0. The van der Waals surface area contributed by atoms with Crippen LogP contribution in [0.4, 0.5) is 4.79 Å². The van der Waals surface area contributed by atoms with E-state index >= 15 is 0 Å². The zero-order chi connectivity index (χ0) is 14.4. The summed E-state index contributed by atoms with van der Waals surface area (Å²) in [7, 11) is 0. The molecular formula is C12H21N3O4. The molecule has 3 amide bonds. The third kappa shape index (κ3) is 5.58. The first kappa shape index (κ1) is 15.3. The summed E-state index contributed by atoms with van der Waals surface area (Å²) < 4.78 is 0. The molecule has 1 rings (SSSR count). The Balaban J connectivity index is 2.31. The van der Waals surface area contributed by atoms with Crippen molar-refractivity contribution in [2.45, 2.75) is 32.7 Å². The Morgan fingerprint density at radius 1 is 1.37 bits per heavy atom. The van der Waals surface area contributed by atoms with E-state index in [0.29, 0.717) is 6.54 Å². The Morgan fingerprint density at radius 2 is 2.00 bits per heavy atom. The van der Waals surface area contributed by atoms with Gasteiger partial charge in [0.15, 0.2) is 0 Å². The normalized spacial score (nSPS) is 15.5. The number of hydrogen-bond donors (Lipinski definition) is 3. The van der Waals surface area contributed by atoms with Crippen molar-refractivity contribution in [2.75, 3.05) is 19.6 Å². The van der Waals surface area contributed by atoms with Crippen molar-refractivity contribution in [3.05, 3.63) is 0 Å². The molecule has 0 saturated heterocycles. The predicted molar refractivity (Wildman–Crippen MR) is 68.6 cm³/mol. The van der Waals surface area contributed by atoms with Crippen molar-refractivity contribution in [3.63, 3.8) is 0 Å². The van der Waals surface area contributed by atoms with Crippen molar-refractivity contribution in [2.24, 2.45) is 5.92 Å². The Bertz CT molecular complexity index is 355. The highest BCUT2D eigenvalue weighted by molar-refractivity contribution is 5.84. The monoisotopic (exact) mass is 271 g/mol. The number of carboxylic acids is 1.